The molecule has 6 heteroatoms. The predicted octanol–water partition coefficient (Wildman–Crippen LogP) is 5.40. The van der Waals surface area contributed by atoms with E-state index in [2.05, 4.69) is 39.1 Å². The highest BCUT2D eigenvalue weighted by atomic mass is 16.5. The van der Waals surface area contributed by atoms with Crippen molar-refractivity contribution in [3.05, 3.63) is 34.2 Å². The van der Waals surface area contributed by atoms with E-state index in [-0.39, 0.29) is 28.8 Å². The van der Waals surface area contributed by atoms with E-state index < -0.39 is 0 Å². The number of hydrogen-bond acceptors (Lipinski definition) is 5. The van der Waals surface area contributed by atoms with Crippen molar-refractivity contribution in [3.63, 3.8) is 0 Å². The lowest BCUT2D eigenvalue weighted by molar-refractivity contribution is -0.148. The number of nitrogens with one attached hydrogen (secondary N) is 1. The number of esters is 1. The molecule has 37 heavy (non-hydrogen) atoms. The SMILES string of the molecule is CC(=O)NCC(C)CCc1nnc2c(c1C)C1(C)CCC3C(CC=C4CC(OC(C)=O)CCC43C)C1C2. The third-order valence-corrected chi connectivity index (χ3v) is 10.7. The Morgan fingerprint density at radius 1 is 1.11 bits per heavy atom. The average Bonchev–Trinajstić information content (AvgIpc) is 3.15. The van der Waals surface area contributed by atoms with Crippen LogP contribution in [0.2, 0.25) is 0 Å². The molecular formula is C31H45N3O3. The zero-order chi connectivity index (χ0) is 26.5. The van der Waals surface area contributed by atoms with Crippen LogP contribution in [-0.2, 0) is 32.6 Å². The van der Waals surface area contributed by atoms with E-state index >= 15 is 0 Å². The summed E-state index contributed by atoms with van der Waals surface area (Å²) in [5, 5.41) is 12.5. The summed E-state index contributed by atoms with van der Waals surface area (Å²) in [5.74, 6) is 2.28. The molecule has 4 aliphatic rings. The van der Waals surface area contributed by atoms with Crippen LogP contribution in [0, 0.1) is 36.0 Å². The van der Waals surface area contributed by atoms with Gasteiger partial charge in [0.15, 0.2) is 0 Å². The van der Waals surface area contributed by atoms with Crippen molar-refractivity contribution in [1.82, 2.24) is 15.5 Å². The minimum Gasteiger partial charge on any atom is -0.462 e. The fraction of sp³-hybridized carbons (Fsp3) is 0.742. The molecule has 5 rings (SSSR count). The van der Waals surface area contributed by atoms with Crippen LogP contribution in [0.25, 0.3) is 0 Å². The molecule has 1 heterocycles. The second-order valence-corrected chi connectivity index (χ2v) is 13.1. The number of aromatic nitrogens is 2. The van der Waals surface area contributed by atoms with E-state index in [0.29, 0.717) is 30.2 Å². The first kappa shape index (κ1) is 26.4. The van der Waals surface area contributed by atoms with Crippen molar-refractivity contribution in [2.24, 2.45) is 29.1 Å². The molecule has 2 saturated carbocycles. The van der Waals surface area contributed by atoms with Gasteiger partial charge in [-0.3, -0.25) is 9.59 Å². The maximum atomic E-state index is 11.6. The summed E-state index contributed by atoms with van der Waals surface area (Å²) in [7, 11) is 0. The highest BCUT2D eigenvalue weighted by Crippen LogP contribution is 2.64. The summed E-state index contributed by atoms with van der Waals surface area (Å²) in [6, 6.07) is 0. The quantitative estimate of drug-likeness (QED) is 0.412. The second-order valence-electron chi connectivity index (χ2n) is 13.1. The lowest BCUT2D eigenvalue weighted by atomic mass is 9.47. The Morgan fingerprint density at radius 2 is 1.86 bits per heavy atom. The summed E-state index contributed by atoms with van der Waals surface area (Å²) >= 11 is 0. The molecule has 0 bridgehead atoms. The fourth-order valence-electron chi connectivity index (χ4n) is 8.73. The lowest BCUT2D eigenvalue weighted by Crippen LogP contribution is -2.51. The van der Waals surface area contributed by atoms with Gasteiger partial charge >= 0.3 is 5.97 Å². The highest BCUT2D eigenvalue weighted by molar-refractivity contribution is 5.72. The Morgan fingerprint density at radius 3 is 2.59 bits per heavy atom. The largest absolute Gasteiger partial charge is 0.462 e. The fourth-order valence-corrected chi connectivity index (χ4v) is 8.73. The molecule has 1 aromatic rings. The molecule has 0 aliphatic heterocycles. The molecule has 7 unspecified atom stereocenters. The second kappa shape index (κ2) is 9.81. The number of carbonyl (C=O) groups excluding carboxylic acids is 2. The zero-order valence-electron chi connectivity index (χ0n) is 23.7. The number of ether oxygens (including phenoxy) is 1. The van der Waals surface area contributed by atoms with Crippen molar-refractivity contribution >= 4 is 11.9 Å². The Labute approximate surface area is 222 Å². The topological polar surface area (TPSA) is 81.2 Å². The number of aryl methyl sites for hydroxylation is 1. The first-order chi connectivity index (χ1) is 17.5. The molecule has 0 aromatic carbocycles. The van der Waals surface area contributed by atoms with Crippen LogP contribution in [0.3, 0.4) is 0 Å². The smallest absolute Gasteiger partial charge is 0.302 e. The number of carbonyl (C=O) groups is 2. The molecule has 0 radical (unpaired) electrons. The van der Waals surface area contributed by atoms with Gasteiger partial charge < -0.3 is 10.1 Å². The van der Waals surface area contributed by atoms with Gasteiger partial charge in [-0.1, -0.05) is 32.4 Å². The maximum Gasteiger partial charge on any atom is 0.302 e. The van der Waals surface area contributed by atoms with Gasteiger partial charge in [0.25, 0.3) is 0 Å². The molecule has 1 N–H and O–H groups in total. The molecule has 4 aliphatic carbocycles. The Kier molecular flexibility index (Phi) is 6.99. The van der Waals surface area contributed by atoms with Crippen LogP contribution in [0.4, 0.5) is 0 Å². The molecule has 7 atom stereocenters. The number of hydrogen-bond donors (Lipinski definition) is 1. The van der Waals surface area contributed by atoms with E-state index in [1.54, 1.807) is 6.92 Å². The Balaban J connectivity index is 1.35. The molecule has 1 amide bonds. The van der Waals surface area contributed by atoms with Crippen molar-refractivity contribution < 1.29 is 14.3 Å². The van der Waals surface area contributed by atoms with Crippen molar-refractivity contribution in [3.8, 4) is 0 Å². The van der Waals surface area contributed by atoms with Gasteiger partial charge in [0.05, 0.1) is 11.4 Å². The summed E-state index contributed by atoms with van der Waals surface area (Å²) in [4.78, 5) is 22.8. The predicted molar refractivity (Wildman–Crippen MR) is 144 cm³/mol. The molecule has 2 fully saturated rings. The average molecular weight is 508 g/mol. The first-order valence-electron chi connectivity index (χ1n) is 14.5. The van der Waals surface area contributed by atoms with Crippen LogP contribution in [0.1, 0.15) is 102 Å². The van der Waals surface area contributed by atoms with Crippen LogP contribution in [0.15, 0.2) is 11.6 Å². The minimum atomic E-state index is -0.155. The van der Waals surface area contributed by atoms with E-state index in [0.717, 1.165) is 50.6 Å². The van der Waals surface area contributed by atoms with Gasteiger partial charge in [0, 0.05) is 26.8 Å². The van der Waals surface area contributed by atoms with Crippen molar-refractivity contribution in [1.29, 1.82) is 0 Å². The molecule has 0 spiro atoms. The molecule has 202 valence electrons. The first-order valence-corrected chi connectivity index (χ1v) is 14.5. The zero-order valence-corrected chi connectivity index (χ0v) is 23.7. The summed E-state index contributed by atoms with van der Waals surface area (Å²) in [6.45, 7) is 13.3. The van der Waals surface area contributed by atoms with Crippen molar-refractivity contribution in [2.75, 3.05) is 6.54 Å². The number of allylic oxidation sites excluding steroid dienone is 1. The number of rotatable bonds is 6. The van der Waals surface area contributed by atoms with Crippen LogP contribution < -0.4 is 5.32 Å². The van der Waals surface area contributed by atoms with Crippen LogP contribution in [-0.4, -0.2) is 34.7 Å². The monoisotopic (exact) mass is 507 g/mol. The minimum absolute atomic E-state index is 0.0332. The van der Waals surface area contributed by atoms with Crippen molar-refractivity contribution in [2.45, 2.75) is 111 Å². The normalized spacial score (nSPS) is 34.8. The Hall–Kier alpha value is -2.24. The van der Waals surface area contributed by atoms with Gasteiger partial charge in [-0.2, -0.15) is 10.2 Å². The van der Waals surface area contributed by atoms with Crippen LogP contribution >= 0.6 is 0 Å². The third-order valence-electron chi connectivity index (χ3n) is 10.7. The molecule has 1 aromatic heterocycles. The van der Waals surface area contributed by atoms with Gasteiger partial charge in [-0.15, -0.1) is 0 Å². The number of amides is 1. The summed E-state index contributed by atoms with van der Waals surface area (Å²) < 4.78 is 5.62. The molecule has 0 saturated heterocycles. The highest BCUT2D eigenvalue weighted by Gasteiger charge is 2.58. The van der Waals surface area contributed by atoms with Gasteiger partial charge in [-0.25, -0.2) is 0 Å². The van der Waals surface area contributed by atoms with E-state index in [1.165, 1.54) is 42.2 Å². The third kappa shape index (κ3) is 4.63. The summed E-state index contributed by atoms with van der Waals surface area (Å²) in [5.41, 5.74) is 7.17. The van der Waals surface area contributed by atoms with Gasteiger partial charge in [0.1, 0.15) is 6.10 Å². The van der Waals surface area contributed by atoms with Crippen LogP contribution in [0.5, 0.6) is 0 Å². The molecular weight excluding hydrogens is 462 g/mol. The number of nitrogens with zero attached hydrogens (tertiary/aromatic N) is 2. The van der Waals surface area contributed by atoms with E-state index in [4.69, 9.17) is 14.9 Å². The number of fused-ring (bicyclic) bond motifs is 7. The standard InChI is InChI=1S/C31H45N3O3/c1-18(17-32-20(3)35)7-10-27-19(2)29-28(34-33-27)16-26-24-9-8-22-15-23(37-21(4)36)11-13-30(22,5)25(24)12-14-31(26,29)6/h8,18,23-26H,7,9-17H2,1-6H3,(H,32,35). The summed E-state index contributed by atoms with van der Waals surface area (Å²) in [6.07, 6.45) is 12.2. The Bertz CT molecular complexity index is 1110. The maximum absolute atomic E-state index is 11.6. The lowest BCUT2D eigenvalue weighted by Gasteiger charge is -2.57. The van der Waals surface area contributed by atoms with Gasteiger partial charge in [-0.05, 0) is 104 Å². The van der Waals surface area contributed by atoms with E-state index in [1.807, 2.05) is 0 Å². The van der Waals surface area contributed by atoms with Gasteiger partial charge in [0.2, 0.25) is 5.91 Å². The van der Waals surface area contributed by atoms with E-state index in [9.17, 15) is 9.59 Å². The molecule has 6 nitrogen and oxygen atoms in total.